The standard InChI is InChI=1S/C24H29N3O4/c1-30-21-12-16-11-20(23(28)17(16)13-22(21)31-2)26-9-7-15(8-10-26)14-27-19-6-4-3-5-18(19)25-24(27)29/h3-6,12-13,15,20,23,28H,7-11,14H2,1-2H3,(H,25,29)/t20-,23+/m0/s1. The number of aliphatic hydroxyl groups is 1. The van der Waals surface area contributed by atoms with Crippen LogP contribution >= 0.6 is 0 Å². The number of aliphatic hydroxyl groups excluding tert-OH is 1. The lowest BCUT2D eigenvalue weighted by atomic mass is 9.94. The number of hydrogen-bond donors (Lipinski definition) is 2. The molecule has 1 aromatic heterocycles. The molecule has 2 aliphatic rings. The number of ether oxygens (including phenoxy) is 2. The number of fused-ring (bicyclic) bond motifs is 2. The Hall–Kier alpha value is -2.77. The normalized spacial score (nSPS) is 22.0. The van der Waals surface area contributed by atoms with Crippen molar-refractivity contribution < 1.29 is 14.6 Å². The lowest BCUT2D eigenvalue weighted by Crippen LogP contribution is -2.44. The van der Waals surface area contributed by atoms with Crippen LogP contribution in [0.1, 0.15) is 30.1 Å². The van der Waals surface area contributed by atoms with E-state index in [4.69, 9.17) is 9.47 Å². The Bertz CT molecular complexity index is 1140. The van der Waals surface area contributed by atoms with E-state index in [1.807, 2.05) is 41.0 Å². The molecule has 1 aliphatic heterocycles. The number of methoxy groups -OCH3 is 2. The Morgan fingerprint density at radius 1 is 1.10 bits per heavy atom. The summed E-state index contributed by atoms with van der Waals surface area (Å²) >= 11 is 0. The van der Waals surface area contributed by atoms with Gasteiger partial charge in [-0.05, 0) is 73.7 Å². The summed E-state index contributed by atoms with van der Waals surface area (Å²) in [5, 5.41) is 11.0. The number of benzene rings is 2. The molecule has 7 heteroatoms. The summed E-state index contributed by atoms with van der Waals surface area (Å²) in [5.74, 6) is 1.81. The summed E-state index contributed by atoms with van der Waals surface area (Å²) in [6.07, 6.45) is 2.31. The van der Waals surface area contributed by atoms with Gasteiger partial charge in [-0.2, -0.15) is 0 Å². The van der Waals surface area contributed by atoms with E-state index in [0.29, 0.717) is 17.4 Å². The zero-order valence-corrected chi connectivity index (χ0v) is 18.0. The minimum atomic E-state index is -0.525. The van der Waals surface area contributed by atoms with Gasteiger partial charge in [0.15, 0.2) is 11.5 Å². The third kappa shape index (κ3) is 3.51. The SMILES string of the molecule is COc1cc2c(cc1OC)[C@@H](O)[C@@H](N1CCC(Cn3c(=O)[nH]c4ccccc43)CC1)C2. The maximum atomic E-state index is 12.4. The van der Waals surface area contributed by atoms with Crippen molar-refractivity contribution in [1.29, 1.82) is 0 Å². The molecule has 0 spiro atoms. The Balaban J connectivity index is 1.26. The highest BCUT2D eigenvalue weighted by Crippen LogP contribution is 2.41. The fourth-order valence-corrected chi connectivity index (χ4v) is 5.28. The first kappa shape index (κ1) is 20.2. The molecule has 3 aromatic rings. The average Bonchev–Trinajstić information content (AvgIpc) is 3.29. The molecular formula is C24H29N3O4. The Kier molecular flexibility index (Phi) is 5.24. The van der Waals surface area contributed by atoms with Crippen LogP contribution in [-0.2, 0) is 13.0 Å². The zero-order valence-electron chi connectivity index (χ0n) is 18.0. The number of H-pyrrole nitrogens is 1. The fourth-order valence-electron chi connectivity index (χ4n) is 5.28. The van der Waals surface area contributed by atoms with Gasteiger partial charge in [0.2, 0.25) is 0 Å². The molecule has 1 saturated heterocycles. The van der Waals surface area contributed by atoms with Gasteiger partial charge in [-0.15, -0.1) is 0 Å². The van der Waals surface area contributed by atoms with Gasteiger partial charge in [0.25, 0.3) is 0 Å². The van der Waals surface area contributed by atoms with Gasteiger partial charge in [-0.1, -0.05) is 12.1 Å². The van der Waals surface area contributed by atoms with Gasteiger partial charge < -0.3 is 19.6 Å². The number of nitrogens with zero attached hydrogens (tertiary/aromatic N) is 2. The minimum absolute atomic E-state index is 0.0341. The number of para-hydroxylation sites is 2. The molecular weight excluding hydrogens is 394 g/mol. The summed E-state index contributed by atoms with van der Waals surface area (Å²) in [5.41, 5.74) is 3.90. The first-order valence-electron chi connectivity index (χ1n) is 10.9. The van der Waals surface area contributed by atoms with Gasteiger partial charge in [0.05, 0.1) is 31.4 Å². The summed E-state index contributed by atoms with van der Waals surface area (Å²) in [7, 11) is 3.25. The summed E-state index contributed by atoms with van der Waals surface area (Å²) in [4.78, 5) is 17.8. The van der Waals surface area contributed by atoms with Crippen LogP contribution < -0.4 is 15.2 Å². The molecule has 0 unspecified atom stereocenters. The van der Waals surface area contributed by atoms with Crippen LogP contribution in [0.25, 0.3) is 11.0 Å². The second kappa shape index (κ2) is 8.05. The second-order valence-electron chi connectivity index (χ2n) is 8.66. The van der Waals surface area contributed by atoms with Crippen molar-refractivity contribution in [2.75, 3.05) is 27.3 Å². The molecule has 31 heavy (non-hydrogen) atoms. The zero-order chi connectivity index (χ0) is 21.5. The molecule has 5 rings (SSSR count). The van der Waals surface area contributed by atoms with Crippen LogP contribution in [0.4, 0.5) is 0 Å². The van der Waals surface area contributed by atoms with E-state index < -0.39 is 6.10 Å². The van der Waals surface area contributed by atoms with Crippen LogP contribution in [0.3, 0.4) is 0 Å². The number of likely N-dealkylation sites (tertiary alicyclic amines) is 1. The van der Waals surface area contributed by atoms with Crippen molar-refractivity contribution >= 4 is 11.0 Å². The van der Waals surface area contributed by atoms with Crippen LogP contribution in [-0.4, -0.2) is 52.9 Å². The number of aromatic amines is 1. The van der Waals surface area contributed by atoms with Crippen LogP contribution in [0.15, 0.2) is 41.2 Å². The number of rotatable bonds is 5. The lowest BCUT2D eigenvalue weighted by Gasteiger charge is -2.37. The molecule has 2 heterocycles. The molecule has 1 aliphatic carbocycles. The van der Waals surface area contributed by atoms with Crippen molar-refractivity contribution in [3.05, 3.63) is 58.0 Å². The molecule has 0 amide bonds. The molecule has 1 fully saturated rings. The molecule has 0 saturated carbocycles. The van der Waals surface area contributed by atoms with Crippen LogP contribution in [0.2, 0.25) is 0 Å². The van der Waals surface area contributed by atoms with E-state index in [2.05, 4.69) is 9.88 Å². The van der Waals surface area contributed by atoms with Crippen molar-refractivity contribution in [1.82, 2.24) is 14.5 Å². The van der Waals surface area contributed by atoms with E-state index in [1.165, 1.54) is 0 Å². The maximum absolute atomic E-state index is 12.4. The Morgan fingerprint density at radius 3 is 2.55 bits per heavy atom. The lowest BCUT2D eigenvalue weighted by molar-refractivity contribution is 0.0373. The van der Waals surface area contributed by atoms with Crippen LogP contribution in [0.5, 0.6) is 11.5 Å². The molecule has 2 N–H and O–H groups in total. The van der Waals surface area contributed by atoms with E-state index >= 15 is 0 Å². The molecule has 164 valence electrons. The van der Waals surface area contributed by atoms with Gasteiger partial charge >= 0.3 is 5.69 Å². The topological polar surface area (TPSA) is 79.7 Å². The minimum Gasteiger partial charge on any atom is -0.493 e. The second-order valence-corrected chi connectivity index (χ2v) is 8.66. The van der Waals surface area contributed by atoms with Gasteiger partial charge in [0.1, 0.15) is 0 Å². The summed E-state index contributed by atoms with van der Waals surface area (Å²) < 4.78 is 12.7. The molecule has 0 radical (unpaired) electrons. The van der Waals surface area contributed by atoms with Crippen molar-refractivity contribution in [3.63, 3.8) is 0 Å². The third-order valence-electron chi connectivity index (χ3n) is 7.00. The smallest absolute Gasteiger partial charge is 0.326 e. The summed E-state index contributed by atoms with van der Waals surface area (Å²) in [6, 6.07) is 11.8. The largest absolute Gasteiger partial charge is 0.493 e. The van der Waals surface area contributed by atoms with E-state index in [0.717, 1.165) is 61.1 Å². The first-order valence-corrected chi connectivity index (χ1v) is 10.9. The molecule has 0 bridgehead atoms. The summed E-state index contributed by atoms with van der Waals surface area (Å²) in [6.45, 7) is 2.58. The van der Waals surface area contributed by atoms with Gasteiger partial charge in [0, 0.05) is 12.6 Å². The van der Waals surface area contributed by atoms with Gasteiger partial charge in [-0.3, -0.25) is 9.47 Å². The number of nitrogens with one attached hydrogen (secondary N) is 1. The molecule has 2 atom stereocenters. The van der Waals surface area contributed by atoms with Crippen molar-refractivity contribution in [2.45, 2.75) is 38.0 Å². The van der Waals surface area contributed by atoms with Crippen LogP contribution in [0, 0.1) is 5.92 Å². The monoisotopic (exact) mass is 423 g/mol. The number of imidazole rings is 1. The highest BCUT2D eigenvalue weighted by molar-refractivity contribution is 5.74. The Labute approximate surface area is 181 Å². The number of piperidine rings is 1. The quantitative estimate of drug-likeness (QED) is 0.660. The number of aromatic nitrogens is 2. The fraction of sp³-hybridized carbons (Fsp3) is 0.458. The number of hydrogen-bond acceptors (Lipinski definition) is 5. The first-order chi connectivity index (χ1) is 15.1. The van der Waals surface area contributed by atoms with Gasteiger partial charge in [-0.25, -0.2) is 4.79 Å². The van der Waals surface area contributed by atoms with E-state index in [-0.39, 0.29) is 11.7 Å². The predicted octanol–water partition coefficient (Wildman–Crippen LogP) is 2.72. The highest BCUT2D eigenvalue weighted by Gasteiger charge is 2.37. The third-order valence-corrected chi connectivity index (χ3v) is 7.00. The van der Waals surface area contributed by atoms with Crippen molar-refractivity contribution in [3.8, 4) is 11.5 Å². The van der Waals surface area contributed by atoms with Crippen molar-refractivity contribution in [2.24, 2.45) is 5.92 Å². The molecule has 7 nitrogen and oxygen atoms in total. The predicted molar refractivity (Wildman–Crippen MR) is 119 cm³/mol. The van der Waals surface area contributed by atoms with E-state index in [9.17, 15) is 9.90 Å². The van der Waals surface area contributed by atoms with E-state index in [1.54, 1.807) is 14.2 Å². The molecule has 2 aromatic carbocycles. The highest BCUT2D eigenvalue weighted by atomic mass is 16.5. The average molecular weight is 424 g/mol. The Morgan fingerprint density at radius 2 is 1.81 bits per heavy atom. The maximum Gasteiger partial charge on any atom is 0.326 e.